The number of nitrogens with zero attached hydrogens (tertiary/aromatic N) is 2. The van der Waals surface area contributed by atoms with Crippen molar-refractivity contribution >= 4 is 16.0 Å². The Bertz CT molecular complexity index is 792. The molecule has 2 N–H and O–H groups in total. The van der Waals surface area contributed by atoms with Crippen LogP contribution in [0.1, 0.15) is 32.3 Å². The molecule has 8 heteroatoms. The Hall–Kier alpha value is -2.19. The van der Waals surface area contributed by atoms with Crippen LogP contribution < -0.4 is 14.2 Å². The van der Waals surface area contributed by atoms with Crippen LogP contribution in [-0.4, -0.2) is 31.5 Å². The van der Waals surface area contributed by atoms with Crippen molar-refractivity contribution in [3.63, 3.8) is 0 Å². The van der Waals surface area contributed by atoms with Crippen molar-refractivity contribution in [2.75, 3.05) is 17.9 Å². The van der Waals surface area contributed by atoms with Gasteiger partial charge in [0.25, 0.3) is 10.2 Å². The molecule has 1 aromatic carbocycles. The van der Waals surface area contributed by atoms with Crippen molar-refractivity contribution < 1.29 is 13.2 Å². The van der Waals surface area contributed by atoms with Gasteiger partial charge in [-0.2, -0.15) is 13.1 Å². The van der Waals surface area contributed by atoms with Crippen molar-refractivity contribution in [2.24, 2.45) is 0 Å². The van der Waals surface area contributed by atoms with E-state index in [1.54, 1.807) is 0 Å². The molecular formula is C17H24N4O3S. The highest BCUT2D eigenvalue weighted by atomic mass is 32.2. The Morgan fingerprint density at radius 3 is 2.44 bits per heavy atom. The number of aromatic nitrogens is 2. The van der Waals surface area contributed by atoms with Crippen LogP contribution >= 0.6 is 0 Å². The largest absolute Gasteiger partial charge is 0.477 e. The number of aryl methyl sites for hydroxylation is 1. The van der Waals surface area contributed by atoms with Crippen LogP contribution in [0, 0.1) is 6.92 Å². The van der Waals surface area contributed by atoms with Gasteiger partial charge in [-0.1, -0.05) is 43.7 Å². The number of rotatable bonds is 9. The predicted octanol–water partition coefficient (Wildman–Crippen LogP) is 2.90. The minimum Gasteiger partial charge on any atom is -0.477 e. The lowest BCUT2D eigenvalue weighted by Gasteiger charge is -2.15. The quantitative estimate of drug-likeness (QED) is 0.714. The van der Waals surface area contributed by atoms with Gasteiger partial charge in [-0.05, 0) is 25.3 Å². The minimum atomic E-state index is -3.72. The van der Waals surface area contributed by atoms with Crippen LogP contribution in [0.15, 0.2) is 30.6 Å². The molecule has 0 fully saturated rings. The third-order valence-electron chi connectivity index (χ3n) is 3.37. The Balaban J connectivity index is 2.46. The summed E-state index contributed by atoms with van der Waals surface area (Å²) >= 11 is 0. The monoisotopic (exact) mass is 364 g/mol. The first kappa shape index (κ1) is 19.1. The number of benzene rings is 1. The highest BCUT2D eigenvalue weighted by Gasteiger charge is 2.19. The van der Waals surface area contributed by atoms with Gasteiger partial charge in [0.15, 0.2) is 5.82 Å². The van der Waals surface area contributed by atoms with E-state index in [-0.39, 0.29) is 5.82 Å². The molecule has 0 bridgehead atoms. The van der Waals surface area contributed by atoms with Crippen molar-refractivity contribution in [2.45, 2.75) is 33.6 Å². The molecule has 25 heavy (non-hydrogen) atoms. The SMILES string of the molecule is CCCNS(=O)(=O)Nc1ncnc(OCCC)c1-c1ccc(C)cc1. The Morgan fingerprint density at radius 2 is 1.80 bits per heavy atom. The number of ether oxygens (including phenoxy) is 1. The van der Waals surface area contributed by atoms with Gasteiger partial charge in [-0.15, -0.1) is 0 Å². The van der Waals surface area contributed by atoms with Crippen molar-refractivity contribution in [3.8, 4) is 17.0 Å². The fourth-order valence-corrected chi connectivity index (χ4v) is 3.09. The van der Waals surface area contributed by atoms with Crippen LogP contribution in [0.2, 0.25) is 0 Å². The zero-order chi connectivity index (χ0) is 18.3. The van der Waals surface area contributed by atoms with Gasteiger partial charge in [0.1, 0.15) is 6.33 Å². The number of hydrogen-bond acceptors (Lipinski definition) is 5. The average molecular weight is 364 g/mol. The molecule has 136 valence electrons. The van der Waals surface area contributed by atoms with Gasteiger partial charge in [-0.25, -0.2) is 9.97 Å². The fraction of sp³-hybridized carbons (Fsp3) is 0.412. The average Bonchev–Trinajstić information content (AvgIpc) is 2.59. The van der Waals surface area contributed by atoms with Gasteiger partial charge in [0.05, 0.1) is 12.2 Å². The molecule has 0 aliphatic rings. The van der Waals surface area contributed by atoms with E-state index in [1.165, 1.54) is 6.33 Å². The topological polar surface area (TPSA) is 93.2 Å². The van der Waals surface area contributed by atoms with E-state index in [0.29, 0.717) is 31.0 Å². The summed E-state index contributed by atoms with van der Waals surface area (Å²) < 4.78 is 35.0. The van der Waals surface area contributed by atoms with Crippen LogP contribution in [0.25, 0.3) is 11.1 Å². The van der Waals surface area contributed by atoms with Crippen LogP contribution in [0.3, 0.4) is 0 Å². The maximum atomic E-state index is 12.2. The summed E-state index contributed by atoms with van der Waals surface area (Å²) in [6.45, 7) is 6.69. The number of hydrogen-bond donors (Lipinski definition) is 2. The normalized spacial score (nSPS) is 11.3. The van der Waals surface area contributed by atoms with E-state index >= 15 is 0 Å². The fourth-order valence-electron chi connectivity index (χ4n) is 2.14. The van der Waals surface area contributed by atoms with Crippen molar-refractivity contribution in [1.82, 2.24) is 14.7 Å². The third kappa shape index (κ3) is 5.40. The minimum absolute atomic E-state index is 0.188. The van der Waals surface area contributed by atoms with Gasteiger partial charge in [0, 0.05) is 6.54 Å². The van der Waals surface area contributed by atoms with Crippen LogP contribution in [0.4, 0.5) is 5.82 Å². The zero-order valence-corrected chi connectivity index (χ0v) is 15.6. The van der Waals surface area contributed by atoms with Gasteiger partial charge in [-0.3, -0.25) is 4.72 Å². The van der Waals surface area contributed by atoms with Crippen LogP contribution in [0.5, 0.6) is 5.88 Å². The molecule has 1 heterocycles. The Morgan fingerprint density at radius 1 is 1.08 bits per heavy atom. The molecule has 0 aliphatic carbocycles. The first-order valence-electron chi connectivity index (χ1n) is 8.29. The standard InChI is InChI=1S/C17H24N4O3S/c1-4-10-20-25(22,23)21-16-15(14-8-6-13(3)7-9-14)17(19-12-18-16)24-11-5-2/h6-9,12,20H,4-5,10-11H2,1-3H3,(H,18,19,21). The second-order valence-electron chi connectivity index (χ2n) is 5.62. The van der Waals surface area contributed by atoms with Crippen LogP contribution in [-0.2, 0) is 10.2 Å². The van der Waals surface area contributed by atoms with Crippen molar-refractivity contribution in [3.05, 3.63) is 36.2 Å². The zero-order valence-electron chi connectivity index (χ0n) is 14.7. The summed E-state index contributed by atoms with van der Waals surface area (Å²) in [5.41, 5.74) is 2.41. The molecule has 0 aliphatic heterocycles. The van der Waals surface area contributed by atoms with Gasteiger partial charge in [0.2, 0.25) is 5.88 Å². The molecule has 0 unspecified atom stereocenters. The van der Waals surface area contributed by atoms with E-state index in [9.17, 15) is 8.42 Å². The predicted molar refractivity (Wildman–Crippen MR) is 98.8 cm³/mol. The first-order chi connectivity index (χ1) is 12.0. The van der Waals surface area contributed by atoms with E-state index in [4.69, 9.17) is 4.74 Å². The summed E-state index contributed by atoms with van der Waals surface area (Å²) in [6, 6.07) is 7.67. The molecule has 0 saturated heterocycles. The number of nitrogens with one attached hydrogen (secondary N) is 2. The summed E-state index contributed by atoms with van der Waals surface area (Å²) in [4.78, 5) is 8.30. The highest BCUT2D eigenvalue weighted by molar-refractivity contribution is 7.90. The summed E-state index contributed by atoms with van der Waals surface area (Å²) in [7, 11) is -3.72. The Kier molecular flexibility index (Phi) is 6.72. The molecular weight excluding hydrogens is 340 g/mol. The highest BCUT2D eigenvalue weighted by Crippen LogP contribution is 2.34. The third-order valence-corrected chi connectivity index (χ3v) is 4.42. The van der Waals surface area contributed by atoms with Crippen molar-refractivity contribution in [1.29, 1.82) is 0 Å². The van der Waals surface area contributed by atoms with E-state index in [0.717, 1.165) is 17.5 Å². The molecule has 0 saturated carbocycles. The molecule has 2 aromatic rings. The summed E-state index contributed by atoms with van der Waals surface area (Å²) in [6.07, 6.45) is 2.80. The van der Waals surface area contributed by atoms with Gasteiger partial charge < -0.3 is 4.74 Å². The lowest BCUT2D eigenvalue weighted by Crippen LogP contribution is -2.31. The lowest BCUT2D eigenvalue weighted by molar-refractivity contribution is 0.306. The smallest absolute Gasteiger partial charge is 0.300 e. The van der Waals surface area contributed by atoms with E-state index < -0.39 is 10.2 Å². The van der Waals surface area contributed by atoms with Gasteiger partial charge >= 0.3 is 0 Å². The van der Waals surface area contributed by atoms with E-state index in [2.05, 4.69) is 19.4 Å². The summed E-state index contributed by atoms with van der Waals surface area (Å²) in [5, 5.41) is 0. The molecule has 0 radical (unpaired) electrons. The first-order valence-corrected chi connectivity index (χ1v) is 9.77. The maximum absolute atomic E-state index is 12.2. The molecule has 0 atom stereocenters. The number of anilines is 1. The lowest BCUT2D eigenvalue weighted by atomic mass is 10.1. The maximum Gasteiger partial charge on any atom is 0.300 e. The molecule has 0 amide bonds. The van der Waals surface area contributed by atoms with E-state index in [1.807, 2.05) is 45.0 Å². The second-order valence-corrected chi connectivity index (χ2v) is 7.12. The molecule has 2 rings (SSSR count). The molecule has 7 nitrogen and oxygen atoms in total. The second kappa shape index (κ2) is 8.77. The Labute approximate surface area is 149 Å². The summed E-state index contributed by atoms with van der Waals surface area (Å²) in [5.74, 6) is 0.544. The molecule has 0 spiro atoms. The molecule has 1 aromatic heterocycles.